The highest BCUT2D eigenvalue weighted by molar-refractivity contribution is 8.03. The van der Waals surface area contributed by atoms with E-state index in [2.05, 4.69) is 37.9 Å². The van der Waals surface area contributed by atoms with Gasteiger partial charge in [0.25, 0.3) is 0 Å². The van der Waals surface area contributed by atoms with E-state index in [1.165, 1.54) is 0 Å². The second-order valence-corrected chi connectivity index (χ2v) is 8.22. The van der Waals surface area contributed by atoms with Gasteiger partial charge in [0.15, 0.2) is 8.68 Å². The van der Waals surface area contributed by atoms with E-state index < -0.39 is 0 Å². The molecule has 0 aliphatic heterocycles. The van der Waals surface area contributed by atoms with Crippen LogP contribution in [0.5, 0.6) is 0 Å². The first-order valence-electron chi connectivity index (χ1n) is 5.14. The van der Waals surface area contributed by atoms with Crippen LogP contribution in [-0.2, 0) is 0 Å². The molecule has 16 heavy (non-hydrogen) atoms. The van der Waals surface area contributed by atoms with Gasteiger partial charge in [0.05, 0.1) is 0 Å². The molecule has 0 radical (unpaired) electrons. The van der Waals surface area contributed by atoms with Crippen LogP contribution in [0.1, 0.15) is 27.7 Å². The number of hydrogen-bond acceptors (Lipinski definition) is 6. The van der Waals surface area contributed by atoms with Gasteiger partial charge in [-0.1, -0.05) is 55.6 Å². The molecule has 2 unspecified atom stereocenters. The van der Waals surface area contributed by atoms with Gasteiger partial charge in [-0.25, -0.2) is 0 Å². The summed E-state index contributed by atoms with van der Waals surface area (Å²) in [6.45, 7) is 8.69. The van der Waals surface area contributed by atoms with Crippen LogP contribution < -0.4 is 5.73 Å². The van der Waals surface area contributed by atoms with Crippen molar-refractivity contribution in [3.05, 3.63) is 0 Å². The lowest BCUT2D eigenvalue weighted by Crippen LogP contribution is -2.38. The summed E-state index contributed by atoms with van der Waals surface area (Å²) in [5.41, 5.74) is 6.21. The van der Waals surface area contributed by atoms with Crippen LogP contribution in [0.15, 0.2) is 8.68 Å². The molecular weight excluding hydrogens is 258 g/mol. The van der Waals surface area contributed by atoms with E-state index >= 15 is 0 Å². The Bertz CT molecular complexity index is 330. The van der Waals surface area contributed by atoms with E-state index in [1.807, 2.05) is 6.26 Å². The molecule has 0 fully saturated rings. The van der Waals surface area contributed by atoms with Gasteiger partial charge in [-0.15, -0.1) is 10.2 Å². The number of nitrogens with two attached hydrogens (primary N) is 1. The SMILES string of the molecule is CSc1nnc(SC(C(C)N)C(C)(C)C)s1. The molecule has 0 saturated carbocycles. The van der Waals surface area contributed by atoms with Gasteiger partial charge in [0, 0.05) is 11.3 Å². The molecule has 0 amide bonds. The molecule has 0 saturated heterocycles. The predicted octanol–water partition coefficient (Wildman–Crippen LogP) is 3.11. The van der Waals surface area contributed by atoms with Crippen molar-refractivity contribution in [1.29, 1.82) is 0 Å². The minimum atomic E-state index is 0.145. The van der Waals surface area contributed by atoms with E-state index in [4.69, 9.17) is 5.73 Å². The minimum Gasteiger partial charge on any atom is -0.327 e. The van der Waals surface area contributed by atoms with Crippen molar-refractivity contribution in [3.63, 3.8) is 0 Å². The fourth-order valence-electron chi connectivity index (χ4n) is 1.51. The van der Waals surface area contributed by atoms with Gasteiger partial charge < -0.3 is 5.73 Å². The summed E-state index contributed by atoms with van der Waals surface area (Å²) in [7, 11) is 0. The second-order valence-electron chi connectivity index (χ2n) is 4.80. The van der Waals surface area contributed by atoms with Crippen molar-refractivity contribution in [1.82, 2.24) is 10.2 Å². The van der Waals surface area contributed by atoms with Gasteiger partial charge in [0.2, 0.25) is 0 Å². The van der Waals surface area contributed by atoms with E-state index in [0.29, 0.717) is 5.25 Å². The summed E-state index contributed by atoms with van der Waals surface area (Å²) in [5.74, 6) is 0. The lowest BCUT2D eigenvalue weighted by Gasteiger charge is -2.32. The Morgan fingerprint density at radius 2 is 1.81 bits per heavy atom. The summed E-state index contributed by atoms with van der Waals surface area (Å²) in [6.07, 6.45) is 2.02. The first kappa shape index (κ1) is 14.3. The first-order chi connectivity index (χ1) is 7.34. The average molecular weight is 277 g/mol. The third-order valence-electron chi connectivity index (χ3n) is 2.12. The third kappa shape index (κ3) is 3.91. The summed E-state index contributed by atoms with van der Waals surface area (Å²) < 4.78 is 2.03. The van der Waals surface area contributed by atoms with Crippen molar-refractivity contribution in [2.45, 2.75) is 47.7 Å². The maximum Gasteiger partial charge on any atom is 0.175 e. The highest BCUT2D eigenvalue weighted by Gasteiger charge is 2.30. The molecule has 0 aliphatic carbocycles. The molecule has 2 N–H and O–H groups in total. The predicted molar refractivity (Wildman–Crippen MR) is 74.4 cm³/mol. The van der Waals surface area contributed by atoms with E-state index in [1.54, 1.807) is 34.9 Å². The standard InChI is InChI=1S/C10H19N3S3/c1-6(11)7(10(2,3)4)15-9-13-12-8(14-5)16-9/h6-7H,11H2,1-5H3. The third-order valence-corrected chi connectivity index (χ3v) is 6.03. The van der Waals surface area contributed by atoms with Gasteiger partial charge in [0.1, 0.15) is 0 Å². The number of nitrogens with zero attached hydrogens (tertiary/aromatic N) is 2. The molecular formula is C10H19N3S3. The molecule has 1 rings (SSSR count). The molecule has 3 nitrogen and oxygen atoms in total. The zero-order chi connectivity index (χ0) is 12.3. The second kappa shape index (κ2) is 5.71. The fraction of sp³-hybridized carbons (Fsp3) is 0.800. The Labute approximate surface area is 110 Å². The van der Waals surface area contributed by atoms with Crippen molar-refractivity contribution in [2.75, 3.05) is 6.26 Å². The van der Waals surface area contributed by atoms with Crippen LogP contribution in [0.2, 0.25) is 0 Å². The van der Waals surface area contributed by atoms with Crippen molar-refractivity contribution < 1.29 is 0 Å². The summed E-state index contributed by atoms with van der Waals surface area (Å²) >= 11 is 5.02. The largest absolute Gasteiger partial charge is 0.327 e. The monoisotopic (exact) mass is 277 g/mol. The summed E-state index contributed by atoms with van der Waals surface area (Å²) in [4.78, 5) is 0. The molecule has 92 valence electrons. The van der Waals surface area contributed by atoms with Crippen LogP contribution in [0.4, 0.5) is 0 Å². The maximum absolute atomic E-state index is 6.04. The average Bonchev–Trinajstić information content (AvgIpc) is 2.59. The zero-order valence-electron chi connectivity index (χ0n) is 10.4. The molecule has 0 spiro atoms. The first-order valence-corrected chi connectivity index (χ1v) is 8.06. The van der Waals surface area contributed by atoms with Gasteiger partial charge >= 0.3 is 0 Å². The Kier molecular flexibility index (Phi) is 5.10. The lowest BCUT2D eigenvalue weighted by molar-refractivity contribution is 0.363. The maximum atomic E-state index is 6.04. The highest BCUT2D eigenvalue weighted by Crippen LogP contribution is 2.39. The normalized spacial score (nSPS) is 16.1. The summed E-state index contributed by atoms with van der Waals surface area (Å²) in [6, 6.07) is 0.145. The van der Waals surface area contributed by atoms with Crippen LogP contribution in [-0.4, -0.2) is 27.7 Å². The quantitative estimate of drug-likeness (QED) is 0.857. The van der Waals surface area contributed by atoms with Crippen LogP contribution in [0, 0.1) is 5.41 Å². The molecule has 6 heteroatoms. The zero-order valence-corrected chi connectivity index (χ0v) is 12.8. The Balaban J connectivity index is 2.76. The Hall–Kier alpha value is 0.220. The topological polar surface area (TPSA) is 51.8 Å². The van der Waals surface area contributed by atoms with Gasteiger partial charge in [-0.3, -0.25) is 0 Å². The van der Waals surface area contributed by atoms with Crippen molar-refractivity contribution in [2.24, 2.45) is 11.1 Å². The van der Waals surface area contributed by atoms with Crippen LogP contribution in [0.25, 0.3) is 0 Å². The van der Waals surface area contributed by atoms with E-state index in [0.717, 1.165) is 8.68 Å². The number of aromatic nitrogens is 2. The lowest BCUT2D eigenvalue weighted by atomic mass is 9.88. The van der Waals surface area contributed by atoms with Crippen molar-refractivity contribution >= 4 is 34.9 Å². The molecule has 0 bridgehead atoms. The minimum absolute atomic E-state index is 0.145. The number of hydrogen-bond donors (Lipinski definition) is 1. The van der Waals surface area contributed by atoms with Crippen LogP contribution >= 0.6 is 34.9 Å². The van der Waals surface area contributed by atoms with Crippen molar-refractivity contribution in [3.8, 4) is 0 Å². The summed E-state index contributed by atoms with van der Waals surface area (Å²) in [5, 5.41) is 8.63. The van der Waals surface area contributed by atoms with Gasteiger partial charge in [-0.2, -0.15) is 0 Å². The van der Waals surface area contributed by atoms with Gasteiger partial charge in [-0.05, 0) is 18.6 Å². The molecule has 0 aliphatic rings. The molecule has 2 atom stereocenters. The molecule has 1 aromatic heterocycles. The Morgan fingerprint density at radius 3 is 2.19 bits per heavy atom. The molecule has 1 aromatic rings. The molecule has 1 heterocycles. The molecule has 0 aromatic carbocycles. The number of thioether (sulfide) groups is 2. The van der Waals surface area contributed by atoms with E-state index in [9.17, 15) is 0 Å². The number of rotatable bonds is 4. The highest BCUT2D eigenvalue weighted by atomic mass is 32.2. The fourth-order valence-corrected chi connectivity index (χ4v) is 4.29. The Morgan fingerprint density at radius 1 is 1.25 bits per heavy atom. The smallest absolute Gasteiger partial charge is 0.175 e. The van der Waals surface area contributed by atoms with Crippen LogP contribution in [0.3, 0.4) is 0 Å². The van der Waals surface area contributed by atoms with E-state index in [-0.39, 0.29) is 11.5 Å².